The van der Waals surface area contributed by atoms with Crippen LogP contribution in [0.1, 0.15) is 19.8 Å². The van der Waals surface area contributed by atoms with Crippen molar-refractivity contribution in [2.75, 3.05) is 13.1 Å². The van der Waals surface area contributed by atoms with Crippen molar-refractivity contribution in [3.63, 3.8) is 0 Å². The van der Waals surface area contributed by atoms with Crippen LogP contribution in [-0.4, -0.2) is 32.2 Å². The third kappa shape index (κ3) is 3.22. The average Bonchev–Trinajstić information content (AvgIpc) is 2.89. The van der Waals surface area contributed by atoms with E-state index < -0.39 is 15.6 Å². The van der Waals surface area contributed by atoms with Gasteiger partial charge >= 0.3 is 0 Å². The summed E-state index contributed by atoms with van der Waals surface area (Å²) in [6.07, 6.45) is 3.50. The van der Waals surface area contributed by atoms with Crippen LogP contribution in [0.5, 0.6) is 0 Å². The number of carbonyl (C=O) groups excluding carboxylic acids is 1. The Kier molecular flexibility index (Phi) is 4.50. The van der Waals surface area contributed by atoms with Gasteiger partial charge in [0.25, 0.3) is 0 Å². The fraction of sp³-hybridized carbons (Fsp3) is 0.357. The van der Waals surface area contributed by atoms with Gasteiger partial charge in [-0.05, 0) is 44.0 Å². The van der Waals surface area contributed by atoms with Crippen LogP contribution in [0.2, 0.25) is 5.02 Å². The van der Waals surface area contributed by atoms with Crippen molar-refractivity contribution >= 4 is 27.2 Å². The van der Waals surface area contributed by atoms with Crippen LogP contribution in [-0.2, 0) is 14.6 Å². The summed E-state index contributed by atoms with van der Waals surface area (Å²) >= 11 is 5.76. The van der Waals surface area contributed by atoms with Gasteiger partial charge in [0.1, 0.15) is 4.91 Å². The molecule has 0 bridgehead atoms. The first-order chi connectivity index (χ1) is 9.41. The minimum absolute atomic E-state index is 0.0857. The lowest BCUT2D eigenvalue weighted by molar-refractivity contribution is -0.113. The van der Waals surface area contributed by atoms with E-state index in [0.717, 1.165) is 25.9 Å². The second-order valence-electron chi connectivity index (χ2n) is 4.75. The van der Waals surface area contributed by atoms with Gasteiger partial charge in [-0.2, -0.15) is 0 Å². The Labute approximate surface area is 124 Å². The Morgan fingerprint density at radius 3 is 2.25 bits per heavy atom. The Balaban J connectivity index is 2.42. The summed E-state index contributed by atoms with van der Waals surface area (Å²) in [6, 6.07) is 5.83. The SMILES string of the molecule is CC(=O)C(=CN1CCCC1)S(=O)(=O)c1ccc(Cl)cc1. The highest BCUT2D eigenvalue weighted by atomic mass is 35.5. The molecule has 0 radical (unpaired) electrons. The highest BCUT2D eigenvalue weighted by Crippen LogP contribution is 2.23. The zero-order chi connectivity index (χ0) is 14.8. The molecule has 0 aliphatic carbocycles. The van der Waals surface area contributed by atoms with Crippen molar-refractivity contribution < 1.29 is 13.2 Å². The molecule has 1 aromatic carbocycles. The molecule has 1 heterocycles. The zero-order valence-electron chi connectivity index (χ0n) is 11.2. The minimum atomic E-state index is -3.79. The van der Waals surface area contributed by atoms with Gasteiger partial charge in [0, 0.05) is 24.3 Å². The van der Waals surface area contributed by atoms with E-state index in [1.165, 1.54) is 37.4 Å². The molecule has 0 aromatic heterocycles. The highest BCUT2D eigenvalue weighted by molar-refractivity contribution is 7.96. The quantitative estimate of drug-likeness (QED) is 0.802. The van der Waals surface area contributed by atoms with Crippen molar-refractivity contribution in [1.29, 1.82) is 0 Å². The van der Waals surface area contributed by atoms with Gasteiger partial charge in [0.05, 0.1) is 4.90 Å². The van der Waals surface area contributed by atoms with E-state index in [0.29, 0.717) is 5.02 Å². The van der Waals surface area contributed by atoms with Gasteiger partial charge in [-0.1, -0.05) is 11.6 Å². The van der Waals surface area contributed by atoms with Crippen LogP contribution >= 0.6 is 11.6 Å². The summed E-state index contributed by atoms with van der Waals surface area (Å²) in [6.45, 7) is 2.84. The predicted molar refractivity (Wildman–Crippen MR) is 78.2 cm³/mol. The predicted octanol–water partition coefficient (Wildman–Crippen LogP) is 2.64. The first-order valence-electron chi connectivity index (χ1n) is 6.39. The summed E-state index contributed by atoms with van der Waals surface area (Å²) in [5.74, 6) is -0.452. The molecule has 4 nitrogen and oxygen atoms in total. The molecule has 2 rings (SSSR count). The number of hydrogen-bond donors (Lipinski definition) is 0. The van der Waals surface area contributed by atoms with E-state index in [-0.39, 0.29) is 9.80 Å². The number of likely N-dealkylation sites (tertiary alicyclic amines) is 1. The number of allylic oxidation sites excluding steroid dienone is 1. The van der Waals surface area contributed by atoms with Crippen LogP contribution in [0.15, 0.2) is 40.3 Å². The number of Topliss-reactive ketones (excluding diaryl/α,β-unsaturated/α-hetero) is 1. The number of benzene rings is 1. The molecule has 6 heteroatoms. The lowest BCUT2D eigenvalue weighted by Gasteiger charge is -2.14. The lowest BCUT2D eigenvalue weighted by Crippen LogP contribution is -2.18. The fourth-order valence-electron chi connectivity index (χ4n) is 2.13. The third-order valence-electron chi connectivity index (χ3n) is 3.20. The normalized spacial score (nSPS) is 16.5. The van der Waals surface area contributed by atoms with E-state index in [2.05, 4.69) is 0 Å². The number of halogens is 1. The van der Waals surface area contributed by atoms with Crippen molar-refractivity contribution in [1.82, 2.24) is 4.90 Å². The van der Waals surface area contributed by atoms with Crippen molar-refractivity contribution in [2.24, 2.45) is 0 Å². The number of nitrogens with zero attached hydrogens (tertiary/aromatic N) is 1. The van der Waals surface area contributed by atoms with E-state index in [4.69, 9.17) is 11.6 Å². The molecule has 1 aromatic rings. The Morgan fingerprint density at radius 1 is 1.20 bits per heavy atom. The number of ketones is 1. The van der Waals surface area contributed by atoms with Crippen molar-refractivity contribution in [2.45, 2.75) is 24.7 Å². The molecule has 0 atom stereocenters. The molecular formula is C14H16ClNO3S. The molecule has 20 heavy (non-hydrogen) atoms. The number of hydrogen-bond acceptors (Lipinski definition) is 4. The second kappa shape index (κ2) is 5.97. The number of rotatable bonds is 4. The Morgan fingerprint density at radius 2 is 1.75 bits per heavy atom. The maximum absolute atomic E-state index is 12.5. The first-order valence-corrected chi connectivity index (χ1v) is 8.25. The van der Waals surface area contributed by atoms with Gasteiger partial charge in [0.15, 0.2) is 5.78 Å². The topological polar surface area (TPSA) is 54.5 Å². The van der Waals surface area contributed by atoms with Crippen molar-refractivity contribution in [3.05, 3.63) is 40.4 Å². The molecule has 1 aliphatic rings. The highest BCUT2D eigenvalue weighted by Gasteiger charge is 2.26. The molecule has 1 saturated heterocycles. The molecular weight excluding hydrogens is 298 g/mol. The van der Waals surface area contributed by atoms with Crippen LogP contribution < -0.4 is 0 Å². The molecule has 0 unspecified atom stereocenters. The molecule has 1 fully saturated rings. The molecule has 0 amide bonds. The smallest absolute Gasteiger partial charge is 0.211 e. The molecule has 108 valence electrons. The molecule has 0 spiro atoms. The van der Waals surface area contributed by atoms with E-state index >= 15 is 0 Å². The van der Waals surface area contributed by atoms with Gasteiger partial charge in [-0.25, -0.2) is 8.42 Å². The number of sulfone groups is 1. The Bertz CT molecular complexity index is 629. The largest absolute Gasteiger partial charge is 0.376 e. The minimum Gasteiger partial charge on any atom is -0.376 e. The van der Waals surface area contributed by atoms with Gasteiger partial charge in [-0.15, -0.1) is 0 Å². The van der Waals surface area contributed by atoms with Crippen LogP contribution in [0, 0.1) is 0 Å². The maximum Gasteiger partial charge on any atom is 0.211 e. The van der Waals surface area contributed by atoms with Gasteiger partial charge in [-0.3, -0.25) is 4.79 Å². The first kappa shape index (κ1) is 15.1. The summed E-state index contributed by atoms with van der Waals surface area (Å²) < 4.78 is 25.0. The monoisotopic (exact) mass is 313 g/mol. The van der Waals surface area contributed by atoms with Crippen LogP contribution in [0.4, 0.5) is 0 Å². The van der Waals surface area contributed by atoms with Gasteiger partial charge in [0.2, 0.25) is 9.84 Å². The fourth-order valence-corrected chi connectivity index (χ4v) is 3.67. The summed E-state index contributed by atoms with van der Waals surface area (Å²) in [5.41, 5.74) is 0. The second-order valence-corrected chi connectivity index (χ2v) is 7.10. The third-order valence-corrected chi connectivity index (χ3v) is 5.32. The van der Waals surface area contributed by atoms with Crippen LogP contribution in [0.25, 0.3) is 0 Å². The summed E-state index contributed by atoms with van der Waals surface area (Å²) in [5, 5.41) is 0.455. The van der Waals surface area contributed by atoms with Crippen LogP contribution in [0.3, 0.4) is 0 Å². The molecule has 1 aliphatic heterocycles. The van der Waals surface area contributed by atoms with Crippen molar-refractivity contribution in [3.8, 4) is 0 Å². The standard InChI is InChI=1S/C14H16ClNO3S/c1-11(17)14(10-16-8-2-3-9-16)20(18,19)13-6-4-12(15)5-7-13/h4-7,10H,2-3,8-9H2,1H3. The zero-order valence-corrected chi connectivity index (χ0v) is 12.7. The summed E-state index contributed by atoms with van der Waals surface area (Å²) in [4.78, 5) is 13.5. The van der Waals surface area contributed by atoms with Gasteiger partial charge < -0.3 is 4.90 Å². The Hall–Kier alpha value is -1.33. The van der Waals surface area contributed by atoms with E-state index in [9.17, 15) is 13.2 Å². The number of carbonyl (C=O) groups is 1. The lowest BCUT2D eigenvalue weighted by atomic mass is 10.4. The molecule has 0 N–H and O–H groups in total. The average molecular weight is 314 g/mol. The summed E-state index contributed by atoms with van der Waals surface area (Å²) in [7, 11) is -3.79. The molecule has 0 saturated carbocycles. The van der Waals surface area contributed by atoms with E-state index in [1.807, 2.05) is 4.90 Å². The van der Waals surface area contributed by atoms with E-state index in [1.54, 1.807) is 0 Å². The maximum atomic E-state index is 12.5.